The van der Waals surface area contributed by atoms with Gasteiger partial charge in [-0.25, -0.2) is 0 Å². The fourth-order valence-corrected chi connectivity index (χ4v) is 2.71. The molecule has 1 aromatic rings. The molecule has 86 valence electrons. The fraction of sp³-hybridized carbons (Fsp3) is 0.231. The number of hydrogen-bond acceptors (Lipinski definition) is 2. The normalized spacial score (nSPS) is 23.0. The maximum Gasteiger partial charge on any atom is 0.262 e. The van der Waals surface area contributed by atoms with E-state index in [1.165, 1.54) is 4.90 Å². The van der Waals surface area contributed by atoms with Crippen LogP contribution in [0.5, 0.6) is 0 Å². The molecule has 17 heavy (non-hydrogen) atoms. The van der Waals surface area contributed by atoms with Crippen molar-refractivity contribution in [2.24, 2.45) is 0 Å². The fourth-order valence-electron chi connectivity index (χ4n) is 2.40. The van der Waals surface area contributed by atoms with E-state index in [2.05, 4.69) is 0 Å². The Balaban J connectivity index is 2.04. The monoisotopic (exact) mass is 247 g/mol. The summed E-state index contributed by atoms with van der Waals surface area (Å²) in [6.45, 7) is 0. The van der Waals surface area contributed by atoms with Crippen LogP contribution in [0.1, 0.15) is 33.6 Å². The molecule has 0 spiro atoms. The number of amides is 2. The van der Waals surface area contributed by atoms with Gasteiger partial charge in [0.1, 0.15) is 0 Å². The minimum absolute atomic E-state index is 0.232. The van der Waals surface area contributed by atoms with Crippen LogP contribution in [0.15, 0.2) is 35.4 Å². The van der Waals surface area contributed by atoms with Crippen LogP contribution in [0.25, 0.3) is 0 Å². The first kappa shape index (κ1) is 10.5. The van der Waals surface area contributed by atoms with Crippen LogP contribution in [-0.2, 0) is 0 Å². The molecule has 4 heteroatoms. The molecule has 0 radical (unpaired) electrons. The number of rotatable bonds is 1. The Kier molecular flexibility index (Phi) is 2.30. The molecule has 2 amide bonds. The van der Waals surface area contributed by atoms with Gasteiger partial charge in [0, 0.05) is 5.03 Å². The second-order valence-electron chi connectivity index (χ2n) is 4.21. The Bertz CT molecular complexity index is 515. The number of imide groups is 1. The number of carbonyl (C=O) groups excluding carboxylic acids is 2. The minimum atomic E-state index is -0.274. The second kappa shape index (κ2) is 3.70. The van der Waals surface area contributed by atoms with Crippen molar-refractivity contribution in [1.82, 2.24) is 4.90 Å². The van der Waals surface area contributed by atoms with Crippen molar-refractivity contribution in [2.45, 2.75) is 18.9 Å². The zero-order valence-corrected chi connectivity index (χ0v) is 9.78. The van der Waals surface area contributed by atoms with Gasteiger partial charge in [-0.2, -0.15) is 0 Å². The lowest BCUT2D eigenvalue weighted by Crippen LogP contribution is -2.38. The smallest absolute Gasteiger partial charge is 0.262 e. The summed E-state index contributed by atoms with van der Waals surface area (Å²) in [7, 11) is 0. The molecule has 0 bridgehead atoms. The molecule has 1 aliphatic heterocycles. The number of carbonyl (C=O) groups is 2. The quantitative estimate of drug-likeness (QED) is 0.716. The average Bonchev–Trinajstić information content (AvgIpc) is 2.84. The maximum absolute atomic E-state index is 12.2. The second-order valence-corrected chi connectivity index (χ2v) is 4.64. The number of allylic oxidation sites excluding steroid dienone is 1. The van der Waals surface area contributed by atoms with E-state index in [0.29, 0.717) is 16.2 Å². The predicted octanol–water partition coefficient (Wildman–Crippen LogP) is 2.57. The highest BCUT2D eigenvalue weighted by atomic mass is 35.5. The summed E-state index contributed by atoms with van der Waals surface area (Å²) in [4.78, 5) is 25.6. The van der Waals surface area contributed by atoms with E-state index in [9.17, 15) is 9.59 Å². The van der Waals surface area contributed by atoms with Crippen molar-refractivity contribution in [3.8, 4) is 0 Å². The van der Waals surface area contributed by atoms with Gasteiger partial charge in [0.25, 0.3) is 11.8 Å². The van der Waals surface area contributed by atoms with Gasteiger partial charge >= 0.3 is 0 Å². The molecule has 0 saturated heterocycles. The molecule has 3 nitrogen and oxygen atoms in total. The Labute approximate surface area is 104 Å². The first-order chi connectivity index (χ1) is 8.20. The highest BCUT2D eigenvalue weighted by molar-refractivity contribution is 6.31. The molecule has 0 saturated carbocycles. The van der Waals surface area contributed by atoms with Gasteiger partial charge in [-0.3, -0.25) is 14.5 Å². The van der Waals surface area contributed by atoms with Gasteiger partial charge in [-0.05, 0) is 25.0 Å². The third-order valence-electron chi connectivity index (χ3n) is 3.23. The summed E-state index contributed by atoms with van der Waals surface area (Å²) < 4.78 is 0. The molecule has 1 unspecified atom stereocenters. The first-order valence-electron chi connectivity index (χ1n) is 5.52. The van der Waals surface area contributed by atoms with E-state index in [1.54, 1.807) is 24.3 Å². The summed E-state index contributed by atoms with van der Waals surface area (Å²) >= 11 is 6.05. The van der Waals surface area contributed by atoms with E-state index >= 15 is 0 Å². The van der Waals surface area contributed by atoms with Crippen molar-refractivity contribution >= 4 is 23.4 Å². The molecular formula is C13H10ClNO2. The van der Waals surface area contributed by atoms with Crippen LogP contribution in [0.2, 0.25) is 0 Å². The van der Waals surface area contributed by atoms with E-state index in [4.69, 9.17) is 11.6 Å². The molecule has 1 aromatic carbocycles. The Morgan fingerprint density at radius 1 is 1.12 bits per heavy atom. The van der Waals surface area contributed by atoms with Crippen LogP contribution in [0, 0.1) is 0 Å². The first-order valence-corrected chi connectivity index (χ1v) is 5.90. The molecule has 1 heterocycles. The van der Waals surface area contributed by atoms with Gasteiger partial charge in [-0.1, -0.05) is 29.8 Å². The predicted molar refractivity (Wildman–Crippen MR) is 63.9 cm³/mol. The summed E-state index contributed by atoms with van der Waals surface area (Å²) in [5, 5.41) is 0.597. The third-order valence-corrected chi connectivity index (χ3v) is 3.64. The van der Waals surface area contributed by atoms with Crippen LogP contribution < -0.4 is 0 Å². The Morgan fingerprint density at radius 3 is 2.18 bits per heavy atom. The molecule has 0 N–H and O–H groups in total. The molecule has 3 rings (SSSR count). The van der Waals surface area contributed by atoms with Gasteiger partial charge < -0.3 is 0 Å². The lowest BCUT2D eigenvalue weighted by molar-refractivity contribution is 0.0612. The Hall–Kier alpha value is -1.61. The third kappa shape index (κ3) is 1.42. The van der Waals surface area contributed by atoms with Crippen molar-refractivity contribution in [3.05, 3.63) is 46.5 Å². The van der Waals surface area contributed by atoms with Crippen LogP contribution >= 0.6 is 11.6 Å². The molecule has 0 aromatic heterocycles. The zero-order valence-electron chi connectivity index (χ0n) is 9.02. The topological polar surface area (TPSA) is 37.4 Å². The zero-order chi connectivity index (χ0) is 12.0. The summed E-state index contributed by atoms with van der Waals surface area (Å²) in [5.41, 5.74) is 0.961. The van der Waals surface area contributed by atoms with Gasteiger partial charge in [0.05, 0.1) is 17.2 Å². The number of halogens is 1. The molecule has 0 fully saturated rings. The number of fused-ring (bicyclic) bond motifs is 1. The van der Waals surface area contributed by atoms with Crippen LogP contribution in [0.3, 0.4) is 0 Å². The van der Waals surface area contributed by atoms with Gasteiger partial charge in [0.2, 0.25) is 0 Å². The minimum Gasteiger partial charge on any atom is -0.269 e. The standard InChI is InChI=1S/C13H10ClNO2/c14-10-6-3-7-11(10)15-12(16)8-4-1-2-5-9(8)13(15)17/h1-2,4-6,11H,3,7H2. The number of nitrogens with zero attached hydrogens (tertiary/aromatic N) is 1. The van der Waals surface area contributed by atoms with Crippen LogP contribution in [-0.4, -0.2) is 22.8 Å². The highest BCUT2D eigenvalue weighted by Crippen LogP contribution is 2.33. The van der Waals surface area contributed by atoms with Crippen LogP contribution in [0.4, 0.5) is 0 Å². The van der Waals surface area contributed by atoms with Crippen molar-refractivity contribution in [3.63, 3.8) is 0 Å². The molecule has 1 atom stereocenters. The van der Waals surface area contributed by atoms with Crippen molar-refractivity contribution < 1.29 is 9.59 Å². The lowest BCUT2D eigenvalue weighted by atomic mass is 10.1. The van der Waals surface area contributed by atoms with E-state index in [1.807, 2.05) is 6.08 Å². The van der Waals surface area contributed by atoms with E-state index < -0.39 is 0 Å². The molecule has 2 aliphatic rings. The highest BCUT2D eigenvalue weighted by Gasteiger charge is 2.41. The Morgan fingerprint density at radius 2 is 1.71 bits per heavy atom. The molecular weight excluding hydrogens is 238 g/mol. The SMILES string of the molecule is O=C1c2ccccc2C(=O)N1C1CCC=C1Cl. The maximum atomic E-state index is 12.2. The van der Waals surface area contributed by atoms with Gasteiger partial charge in [0.15, 0.2) is 0 Å². The van der Waals surface area contributed by atoms with Crippen molar-refractivity contribution in [2.75, 3.05) is 0 Å². The number of benzene rings is 1. The summed E-state index contributed by atoms with van der Waals surface area (Å²) in [6.07, 6.45) is 3.41. The molecule has 1 aliphatic carbocycles. The summed E-state index contributed by atoms with van der Waals surface area (Å²) in [5.74, 6) is -0.465. The number of hydrogen-bond donors (Lipinski definition) is 0. The van der Waals surface area contributed by atoms with Crippen molar-refractivity contribution in [1.29, 1.82) is 0 Å². The van der Waals surface area contributed by atoms with E-state index in [-0.39, 0.29) is 17.9 Å². The average molecular weight is 248 g/mol. The largest absolute Gasteiger partial charge is 0.269 e. The lowest BCUT2D eigenvalue weighted by Gasteiger charge is -2.22. The van der Waals surface area contributed by atoms with E-state index in [0.717, 1.165) is 12.8 Å². The van der Waals surface area contributed by atoms with Gasteiger partial charge in [-0.15, -0.1) is 0 Å². The summed E-state index contributed by atoms with van der Waals surface area (Å²) in [6, 6.07) is 6.62.